The number of ether oxygens (including phenoxy) is 1. The van der Waals surface area contributed by atoms with Gasteiger partial charge in [-0.1, -0.05) is 24.3 Å². The summed E-state index contributed by atoms with van der Waals surface area (Å²) in [5.74, 6) is 0.865. The second kappa shape index (κ2) is 8.03. The number of methoxy groups -OCH3 is 1. The van der Waals surface area contributed by atoms with Crippen LogP contribution in [0.1, 0.15) is 50.9 Å². The molecule has 1 amide bonds. The zero-order valence-electron chi connectivity index (χ0n) is 18.0. The minimum atomic E-state index is -0.194. The standard InChI is InChI=1S/C24H23N5O3/c1-15-10-20(29-24(27-15)25-14-26-29)17-7-5-9-28(12-17)23(31)22-19(13-30)18-8-4-3-6-16(18)11-21(22)32-2/h3-4,6,8,10-11,13-14,17H,5,7,9,12H2,1-2H3. The molecule has 1 fully saturated rings. The summed E-state index contributed by atoms with van der Waals surface area (Å²) in [6.45, 7) is 3.07. The number of aryl methyl sites for hydroxylation is 1. The van der Waals surface area contributed by atoms with Crippen LogP contribution in [0.15, 0.2) is 42.7 Å². The van der Waals surface area contributed by atoms with E-state index in [2.05, 4.69) is 15.1 Å². The van der Waals surface area contributed by atoms with Crippen molar-refractivity contribution in [2.24, 2.45) is 0 Å². The van der Waals surface area contributed by atoms with Crippen LogP contribution in [0.4, 0.5) is 0 Å². The van der Waals surface area contributed by atoms with E-state index in [0.717, 1.165) is 41.3 Å². The van der Waals surface area contributed by atoms with Gasteiger partial charge in [0, 0.05) is 30.3 Å². The summed E-state index contributed by atoms with van der Waals surface area (Å²) >= 11 is 0. The molecule has 1 atom stereocenters. The van der Waals surface area contributed by atoms with Crippen LogP contribution in [-0.4, -0.2) is 56.9 Å². The van der Waals surface area contributed by atoms with Crippen molar-refractivity contribution < 1.29 is 14.3 Å². The van der Waals surface area contributed by atoms with Gasteiger partial charge in [0.2, 0.25) is 0 Å². The molecule has 4 aromatic rings. The number of hydrogen-bond acceptors (Lipinski definition) is 6. The van der Waals surface area contributed by atoms with Crippen molar-refractivity contribution in [3.05, 3.63) is 65.2 Å². The summed E-state index contributed by atoms with van der Waals surface area (Å²) in [6.07, 6.45) is 4.02. The molecule has 1 aliphatic rings. The predicted molar refractivity (Wildman–Crippen MR) is 119 cm³/mol. The highest BCUT2D eigenvalue weighted by atomic mass is 16.5. The van der Waals surface area contributed by atoms with E-state index >= 15 is 0 Å². The molecule has 0 N–H and O–H groups in total. The summed E-state index contributed by atoms with van der Waals surface area (Å²) in [5.41, 5.74) is 2.54. The van der Waals surface area contributed by atoms with Crippen molar-refractivity contribution in [1.82, 2.24) is 24.5 Å². The maximum Gasteiger partial charge on any atom is 0.258 e. The lowest BCUT2D eigenvalue weighted by Crippen LogP contribution is -2.40. The molecule has 2 aromatic carbocycles. The summed E-state index contributed by atoms with van der Waals surface area (Å²) in [7, 11) is 1.52. The van der Waals surface area contributed by atoms with E-state index in [0.29, 0.717) is 35.7 Å². The fraction of sp³-hybridized carbons (Fsp3) is 0.292. The van der Waals surface area contributed by atoms with Crippen LogP contribution in [0.5, 0.6) is 5.75 Å². The van der Waals surface area contributed by atoms with Crippen LogP contribution in [0.3, 0.4) is 0 Å². The van der Waals surface area contributed by atoms with Crippen molar-refractivity contribution in [1.29, 1.82) is 0 Å². The Balaban J connectivity index is 1.54. The zero-order valence-corrected chi connectivity index (χ0v) is 18.0. The molecule has 0 radical (unpaired) electrons. The lowest BCUT2D eigenvalue weighted by atomic mass is 9.92. The Morgan fingerprint density at radius 1 is 1.25 bits per heavy atom. The molecule has 1 saturated heterocycles. The monoisotopic (exact) mass is 429 g/mol. The summed E-state index contributed by atoms with van der Waals surface area (Å²) in [4.78, 5) is 36.2. The molecule has 0 spiro atoms. The molecule has 1 aliphatic heterocycles. The lowest BCUT2D eigenvalue weighted by Gasteiger charge is -2.33. The Labute approximate surface area is 184 Å². The van der Waals surface area contributed by atoms with Crippen molar-refractivity contribution in [3.63, 3.8) is 0 Å². The largest absolute Gasteiger partial charge is 0.496 e. The fourth-order valence-corrected chi connectivity index (χ4v) is 4.66. The minimum Gasteiger partial charge on any atom is -0.496 e. The number of piperidine rings is 1. The van der Waals surface area contributed by atoms with Gasteiger partial charge in [-0.05, 0) is 42.7 Å². The van der Waals surface area contributed by atoms with Crippen LogP contribution in [-0.2, 0) is 0 Å². The quantitative estimate of drug-likeness (QED) is 0.462. The molecule has 1 unspecified atom stereocenters. The van der Waals surface area contributed by atoms with E-state index < -0.39 is 0 Å². The third kappa shape index (κ3) is 3.28. The van der Waals surface area contributed by atoms with Gasteiger partial charge < -0.3 is 9.64 Å². The number of fused-ring (bicyclic) bond motifs is 2. The van der Waals surface area contributed by atoms with Gasteiger partial charge >= 0.3 is 0 Å². The molecular weight excluding hydrogens is 406 g/mol. The summed E-state index contributed by atoms with van der Waals surface area (Å²) in [6, 6.07) is 11.4. The van der Waals surface area contributed by atoms with Crippen LogP contribution in [0.2, 0.25) is 0 Å². The van der Waals surface area contributed by atoms with E-state index in [1.165, 1.54) is 13.4 Å². The van der Waals surface area contributed by atoms with Crippen LogP contribution in [0, 0.1) is 6.92 Å². The molecule has 8 nitrogen and oxygen atoms in total. The van der Waals surface area contributed by atoms with Gasteiger partial charge in [-0.25, -0.2) is 9.50 Å². The first-order chi connectivity index (χ1) is 15.6. The normalized spacial score (nSPS) is 16.4. The van der Waals surface area contributed by atoms with Gasteiger partial charge in [0.15, 0.2) is 6.29 Å². The Bertz CT molecular complexity index is 1350. The second-order valence-electron chi connectivity index (χ2n) is 8.09. The molecule has 0 aliphatic carbocycles. The van der Waals surface area contributed by atoms with Gasteiger partial charge in [-0.3, -0.25) is 9.59 Å². The molecular formula is C24H23N5O3. The molecule has 2 aromatic heterocycles. The number of hydrogen-bond donors (Lipinski definition) is 0. The number of rotatable bonds is 4. The average Bonchev–Trinajstić information content (AvgIpc) is 3.30. The van der Waals surface area contributed by atoms with Gasteiger partial charge in [-0.2, -0.15) is 10.1 Å². The van der Waals surface area contributed by atoms with E-state index in [-0.39, 0.29) is 11.8 Å². The zero-order chi connectivity index (χ0) is 22.2. The van der Waals surface area contributed by atoms with Crippen molar-refractivity contribution in [2.75, 3.05) is 20.2 Å². The maximum absolute atomic E-state index is 13.7. The molecule has 0 saturated carbocycles. The van der Waals surface area contributed by atoms with Crippen molar-refractivity contribution >= 4 is 28.7 Å². The van der Waals surface area contributed by atoms with Crippen molar-refractivity contribution in [2.45, 2.75) is 25.7 Å². The Hall–Kier alpha value is -3.81. The third-order valence-corrected chi connectivity index (χ3v) is 6.14. The van der Waals surface area contributed by atoms with E-state index in [9.17, 15) is 9.59 Å². The number of aldehydes is 1. The number of benzene rings is 2. The molecule has 8 heteroatoms. The number of carbonyl (C=O) groups excluding carboxylic acids is 2. The highest BCUT2D eigenvalue weighted by Gasteiger charge is 2.31. The second-order valence-corrected chi connectivity index (χ2v) is 8.09. The Morgan fingerprint density at radius 2 is 2.09 bits per heavy atom. The Morgan fingerprint density at radius 3 is 2.91 bits per heavy atom. The molecule has 5 rings (SSSR count). The predicted octanol–water partition coefficient (Wildman–Crippen LogP) is 3.43. The lowest BCUT2D eigenvalue weighted by molar-refractivity contribution is 0.0699. The van der Waals surface area contributed by atoms with Gasteiger partial charge in [-0.15, -0.1) is 0 Å². The number of likely N-dealkylation sites (tertiary alicyclic amines) is 1. The smallest absolute Gasteiger partial charge is 0.258 e. The van der Waals surface area contributed by atoms with Crippen LogP contribution < -0.4 is 4.74 Å². The highest BCUT2D eigenvalue weighted by molar-refractivity contribution is 6.12. The molecule has 32 heavy (non-hydrogen) atoms. The maximum atomic E-state index is 13.7. The summed E-state index contributed by atoms with van der Waals surface area (Å²) < 4.78 is 7.29. The van der Waals surface area contributed by atoms with Crippen LogP contribution >= 0.6 is 0 Å². The summed E-state index contributed by atoms with van der Waals surface area (Å²) in [5, 5.41) is 5.93. The third-order valence-electron chi connectivity index (χ3n) is 6.14. The number of aromatic nitrogens is 4. The number of nitrogens with zero attached hydrogens (tertiary/aromatic N) is 5. The average molecular weight is 429 g/mol. The van der Waals surface area contributed by atoms with Gasteiger partial charge in [0.25, 0.3) is 11.7 Å². The first-order valence-corrected chi connectivity index (χ1v) is 10.6. The topological polar surface area (TPSA) is 89.7 Å². The Kier molecular flexibility index (Phi) is 5.05. The van der Waals surface area contributed by atoms with Gasteiger partial charge in [0.1, 0.15) is 12.1 Å². The minimum absolute atomic E-state index is 0.0877. The van der Waals surface area contributed by atoms with E-state index in [4.69, 9.17) is 4.74 Å². The first-order valence-electron chi connectivity index (χ1n) is 10.6. The molecule has 3 heterocycles. The number of amides is 1. The van der Waals surface area contributed by atoms with Crippen LogP contribution in [0.25, 0.3) is 16.6 Å². The number of carbonyl (C=O) groups is 2. The molecule has 0 bridgehead atoms. The van der Waals surface area contributed by atoms with E-state index in [1.807, 2.05) is 48.2 Å². The fourth-order valence-electron chi connectivity index (χ4n) is 4.66. The van der Waals surface area contributed by atoms with Crippen molar-refractivity contribution in [3.8, 4) is 5.75 Å². The first kappa shape index (κ1) is 20.1. The molecule has 162 valence electrons. The highest BCUT2D eigenvalue weighted by Crippen LogP contribution is 2.34. The van der Waals surface area contributed by atoms with Gasteiger partial charge in [0.05, 0.1) is 18.4 Å². The SMILES string of the molecule is COc1cc2ccccc2c(C=O)c1C(=O)N1CCCC(c2cc(C)nc3ncnn23)C1. The van der Waals surface area contributed by atoms with E-state index in [1.54, 1.807) is 4.52 Å².